The third kappa shape index (κ3) is 40.7. The van der Waals surface area contributed by atoms with E-state index in [0.29, 0.717) is 12.8 Å². The molecule has 11 nitrogen and oxygen atoms in total. The van der Waals surface area contributed by atoms with Crippen molar-refractivity contribution in [1.29, 1.82) is 0 Å². The maximum atomic E-state index is 12.7. The number of unbranched alkanes of at least 4 members (excludes halogenated alkanes) is 22. The van der Waals surface area contributed by atoms with E-state index in [4.69, 9.17) is 13.7 Å². The van der Waals surface area contributed by atoms with Crippen molar-refractivity contribution in [1.82, 2.24) is 9.62 Å². The monoisotopic (exact) mass is 831 g/mol. The SMILES string of the molecule is CCCCCCCCC=CCCCCCCCC(=O)OCC(COC(=O)CCCCCCCC=CCCCCCCCC)OS(=O)(=O)NCCN(CCO)CCO. The van der Waals surface area contributed by atoms with Crippen LogP contribution in [-0.4, -0.2) is 94.2 Å². The van der Waals surface area contributed by atoms with Gasteiger partial charge in [0.2, 0.25) is 0 Å². The maximum absolute atomic E-state index is 12.7. The Labute approximate surface area is 349 Å². The Morgan fingerprint density at radius 1 is 0.544 bits per heavy atom. The molecule has 0 radical (unpaired) electrons. The number of nitrogens with zero attached hydrogens (tertiary/aromatic N) is 1. The number of nitrogens with one attached hydrogen (secondary N) is 1. The van der Waals surface area contributed by atoms with Gasteiger partial charge in [-0.3, -0.25) is 14.5 Å². The van der Waals surface area contributed by atoms with Crippen LogP contribution in [-0.2, 0) is 33.6 Å². The van der Waals surface area contributed by atoms with E-state index < -0.39 is 28.3 Å². The molecule has 336 valence electrons. The number of allylic oxidation sites excluding steroid dienone is 4. The van der Waals surface area contributed by atoms with Crippen LogP contribution in [0.5, 0.6) is 0 Å². The van der Waals surface area contributed by atoms with Crippen LogP contribution in [0.2, 0.25) is 0 Å². The molecule has 0 aromatic carbocycles. The molecule has 0 aliphatic heterocycles. The topological polar surface area (TPSA) is 152 Å². The van der Waals surface area contributed by atoms with Gasteiger partial charge in [-0.1, -0.05) is 141 Å². The molecule has 0 aromatic rings. The summed E-state index contributed by atoms with van der Waals surface area (Å²) >= 11 is 0. The highest BCUT2D eigenvalue weighted by molar-refractivity contribution is 7.84. The van der Waals surface area contributed by atoms with Crippen LogP contribution in [0.25, 0.3) is 0 Å². The molecule has 12 heteroatoms. The van der Waals surface area contributed by atoms with Crippen LogP contribution in [0.15, 0.2) is 24.3 Å². The molecule has 57 heavy (non-hydrogen) atoms. The molecular weight excluding hydrogens is 745 g/mol. The Morgan fingerprint density at radius 3 is 1.26 bits per heavy atom. The van der Waals surface area contributed by atoms with Crippen molar-refractivity contribution < 1.29 is 41.9 Å². The van der Waals surface area contributed by atoms with Crippen LogP contribution >= 0.6 is 0 Å². The van der Waals surface area contributed by atoms with Crippen molar-refractivity contribution in [3.63, 3.8) is 0 Å². The van der Waals surface area contributed by atoms with Gasteiger partial charge in [0.05, 0.1) is 13.2 Å². The lowest BCUT2D eigenvalue weighted by Gasteiger charge is -2.21. The highest BCUT2D eigenvalue weighted by Gasteiger charge is 2.23. The summed E-state index contributed by atoms with van der Waals surface area (Å²) in [5, 5.41) is 18.4. The standard InChI is InChI=1S/C45H86N2O9S/c1-3-5-7-9-11-13-15-17-19-21-23-25-27-29-31-33-44(50)54-41-43(56-57(52,53)46-35-36-47(37-39-48)38-40-49)42-55-45(51)34-32-30-28-26-24-22-20-18-16-14-12-10-8-6-4-2/h17-20,43,46,48-49H,3-16,21-42H2,1-2H3. The van der Waals surface area contributed by atoms with Crippen LogP contribution in [0.3, 0.4) is 0 Å². The second-order valence-electron chi connectivity index (χ2n) is 15.4. The molecule has 0 aliphatic carbocycles. The number of hydrogen-bond acceptors (Lipinski definition) is 10. The fraction of sp³-hybridized carbons (Fsp3) is 0.867. The van der Waals surface area contributed by atoms with Crippen molar-refractivity contribution in [2.45, 2.75) is 200 Å². The molecule has 0 saturated carbocycles. The molecule has 0 bridgehead atoms. The predicted octanol–water partition coefficient (Wildman–Crippen LogP) is 9.65. The fourth-order valence-corrected chi connectivity index (χ4v) is 7.34. The molecule has 0 spiro atoms. The smallest absolute Gasteiger partial charge is 0.336 e. The molecule has 0 rings (SSSR count). The van der Waals surface area contributed by atoms with E-state index in [-0.39, 0.29) is 65.4 Å². The molecular formula is C45H86N2O9S. The summed E-state index contributed by atoms with van der Waals surface area (Å²) in [6, 6.07) is 0. The molecule has 0 aromatic heterocycles. The highest BCUT2D eigenvalue weighted by Crippen LogP contribution is 2.13. The molecule has 0 heterocycles. The summed E-state index contributed by atoms with van der Waals surface area (Å²) in [4.78, 5) is 26.7. The number of aliphatic hydroxyl groups is 2. The second-order valence-corrected chi connectivity index (χ2v) is 16.8. The summed E-state index contributed by atoms with van der Waals surface area (Å²) in [6.45, 7) is 4.27. The molecule has 0 aliphatic rings. The van der Waals surface area contributed by atoms with Gasteiger partial charge in [0, 0.05) is 39.0 Å². The Bertz CT molecular complexity index is 1010. The number of carbonyl (C=O) groups is 2. The highest BCUT2D eigenvalue weighted by atomic mass is 32.2. The minimum absolute atomic E-state index is 0.0282. The Hall–Kier alpha value is -1.83. The van der Waals surface area contributed by atoms with Gasteiger partial charge in [0.1, 0.15) is 19.3 Å². The molecule has 0 amide bonds. The van der Waals surface area contributed by atoms with Gasteiger partial charge in [-0.2, -0.15) is 13.1 Å². The Morgan fingerprint density at radius 2 is 0.895 bits per heavy atom. The van der Waals surface area contributed by atoms with Crippen molar-refractivity contribution >= 4 is 22.2 Å². The molecule has 0 fully saturated rings. The molecule has 0 atom stereocenters. The van der Waals surface area contributed by atoms with E-state index in [2.05, 4.69) is 42.9 Å². The number of aliphatic hydroxyl groups excluding tert-OH is 2. The maximum Gasteiger partial charge on any atom is 0.336 e. The first-order chi connectivity index (χ1) is 27.8. The number of hydrogen-bond donors (Lipinski definition) is 3. The van der Waals surface area contributed by atoms with Gasteiger partial charge in [-0.15, -0.1) is 0 Å². The van der Waals surface area contributed by atoms with Gasteiger partial charge < -0.3 is 19.7 Å². The summed E-state index contributed by atoms with van der Waals surface area (Å²) in [5.41, 5.74) is 0. The third-order valence-electron chi connectivity index (χ3n) is 9.95. The van der Waals surface area contributed by atoms with Crippen LogP contribution < -0.4 is 4.72 Å². The lowest BCUT2D eigenvalue weighted by molar-refractivity contribution is -0.151. The predicted molar refractivity (Wildman–Crippen MR) is 233 cm³/mol. The first-order valence-electron chi connectivity index (χ1n) is 23.0. The van der Waals surface area contributed by atoms with Crippen molar-refractivity contribution in [3.8, 4) is 0 Å². The van der Waals surface area contributed by atoms with Gasteiger partial charge in [-0.25, -0.2) is 4.18 Å². The van der Waals surface area contributed by atoms with E-state index in [0.717, 1.165) is 64.2 Å². The van der Waals surface area contributed by atoms with E-state index in [1.54, 1.807) is 4.90 Å². The quantitative estimate of drug-likeness (QED) is 0.0308. The van der Waals surface area contributed by atoms with Gasteiger partial charge in [-0.05, 0) is 64.2 Å². The van der Waals surface area contributed by atoms with Gasteiger partial charge in [0.15, 0.2) is 0 Å². The Kier molecular flexibility index (Phi) is 40.9. The summed E-state index contributed by atoms with van der Waals surface area (Å²) < 4.78 is 43.9. The first-order valence-corrected chi connectivity index (χ1v) is 24.4. The molecule has 0 saturated heterocycles. The number of rotatable bonds is 44. The molecule has 3 N–H and O–H groups in total. The second kappa shape index (κ2) is 42.3. The minimum Gasteiger partial charge on any atom is -0.463 e. The van der Waals surface area contributed by atoms with Crippen molar-refractivity contribution in [2.24, 2.45) is 0 Å². The largest absolute Gasteiger partial charge is 0.463 e. The average molecular weight is 831 g/mol. The van der Waals surface area contributed by atoms with Crippen LogP contribution in [0, 0.1) is 0 Å². The van der Waals surface area contributed by atoms with Crippen LogP contribution in [0.1, 0.15) is 194 Å². The lowest BCUT2D eigenvalue weighted by Crippen LogP contribution is -2.40. The average Bonchev–Trinajstić information content (AvgIpc) is 3.18. The van der Waals surface area contributed by atoms with E-state index in [9.17, 15) is 28.2 Å². The van der Waals surface area contributed by atoms with Crippen molar-refractivity contribution in [3.05, 3.63) is 24.3 Å². The fourth-order valence-electron chi connectivity index (χ4n) is 6.46. The van der Waals surface area contributed by atoms with E-state index in [1.807, 2.05) is 0 Å². The normalized spacial score (nSPS) is 12.6. The number of ether oxygens (including phenoxy) is 2. The summed E-state index contributed by atoms with van der Waals surface area (Å²) in [7, 11) is -4.28. The molecule has 0 unspecified atom stereocenters. The zero-order valence-corrected chi connectivity index (χ0v) is 37.3. The van der Waals surface area contributed by atoms with Gasteiger partial charge >= 0.3 is 22.2 Å². The lowest BCUT2D eigenvalue weighted by atomic mass is 10.1. The van der Waals surface area contributed by atoms with E-state index >= 15 is 0 Å². The van der Waals surface area contributed by atoms with E-state index in [1.165, 1.54) is 89.9 Å². The first kappa shape index (κ1) is 55.2. The van der Waals surface area contributed by atoms with Gasteiger partial charge in [0.25, 0.3) is 0 Å². The van der Waals surface area contributed by atoms with Crippen molar-refractivity contribution in [2.75, 3.05) is 52.6 Å². The minimum atomic E-state index is -4.28. The summed E-state index contributed by atoms with van der Waals surface area (Å²) in [5.74, 6) is -0.898. The zero-order chi connectivity index (χ0) is 41.9. The number of carbonyl (C=O) groups excluding carboxylic acids is 2. The number of esters is 2. The van der Waals surface area contributed by atoms with Crippen LogP contribution in [0.4, 0.5) is 0 Å². The zero-order valence-electron chi connectivity index (χ0n) is 36.5. The summed E-state index contributed by atoms with van der Waals surface area (Å²) in [6.07, 6.45) is 38.5. The Balaban J connectivity index is 4.50. The third-order valence-corrected chi connectivity index (χ3v) is 11.0.